The number of hydroxylamine groups is 1. The van der Waals surface area contributed by atoms with Crippen molar-refractivity contribution in [1.29, 1.82) is 0 Å². The van der Waals surface area contributed by atoms with Crippen LogP contribution in [-0.2, 0) is 4.79 Å². The summed E-state index contributed by atoms with van der Waals surface area (Å²) in [4.78, 5) is 20.8. The third-order valence-electron chi connectivity index (χ3n) is 1.89. The summed E-state index contributed by atoms with van der Waals surface area (Å²) in [6.45, 7) is 0.206. The quantitative estimate of drug-likeness (QED) is 0.392. The van der Waals surface area contributed by atoms with E-state index in [4.69, 9.17) is 5.21 Å². The molecule has 0 spiro atoms. The molecule has 1 aromatic carbocycles. The highest BCUT2D eigenvalue weighted by Crippen LogP contribution is 2.22. The molecule has 0 saturated heterocycles. The number of benzene rings is 1. The first-order valence-corrected chi connectivity index (χ1v) is 4.55. The van der Waals surface area contributed by atoms with Gasteiger partial charge in [-0.15, -0.1) is 0 Å². The van der Waals surface area contributed by atoms with Gasteiger partial charge in [-0.25, -0.2) is 5.48 Å². The molecular formula is C9H11N3O4. The van der Waals surface area contributed by atoms with E-state index >= 15 is 0 Å². The number of anilines is 1. The highest BCUT2D eigenvalue weighted by atomic mass is 16.6. The Morgan fingerprint density at radius 1 is 1.44 bits per heavy atom. The van der Waals surface area contributed by atoms with Gasteiger partial charge in [0.05, 0.1) is 4.92 Å². The minimum atomic E-state index is -0.550. The number of nitro groups is 1. The summed E-state index contributed by atoms with van der Waals surface area (Å²) >= 11 is 0. The molecule has 1 aromatic rings. The maximum absolute atomic E-state index is 10.7. The van der Waals surface area contributed by atoms with Crippen molar-refractivity contribution in [3.63, 3.8) is 0 Å². The van der Waals surface area contributed by atoms with Crippen molar-refractivity contribution < 1.29 is 14.9 Å². The normalized spacial score (nSPS) is 9.56. The molecule has 1 amide bonds. The fourth-order valence-electron chi connectivity index (χ4n) is 1.15. The lowest BCUT2D eigenvalue weighted by Crippen LogP contribution is -2.21. The zero-order valence-electron chi connectivity index (χ0n) is 8.34. The Labute approximate surface area is 91.2 Å². The highest BCUT2D eigenvalue weighted by molar-refractivity contribution is 5.75. The molecule has 0 saturated carbocycles. The van der Waals surface area contributed by atoms with Gasteiger partial charge in [0, 0.05) is 19.0 Å². The van der Waals surface area contributed by atoms with Gasteiger partial charge in [0.2, 0.25) is 5.91 Å². The van der Waals surface area contributed by atoms with Gasteiger partial charge in [0.25, 0.3) is 5.69 Å². The second-order valence-corrected chi connectivity index (χ2v) is 2.99. The van der Waals surface area contributed by atoms with E-state index in [-0.39, 0.29) is 18.7 Å². The average Bonchev–Trinajstić information content (AvgIpc) is 2.29. The van der Waals surface area contributed by atoms with Crippen LogP contribution in [0.3, 0.4) is 0 Å². The summed E-state index contributed by atoms with van der Waals surface area (Å²) in [6.07, 6.45) is 0.0303. The number of rotatable bonds is 5. The Morgan fingerprint density at radius 3 is 2.75 bits per heavy atom. The van der Waals surface area contributed by atoms with Crippen LogP contribution in [0.25, 0.3) is 0 Å². The van der Waals surface area contributed by atoms with Crippen LogP contribution in [0, 0.1) is 10.1 Å². The van der Waals surface area contributed by atoms with Gasteiger partial charge in [0.15, 0.2) is 0 Å². The number of carbonyl (C=O) groups is 1. The molecule has 0 aliphatic carbocycles. The lowest BCUT2D eigenvalue weighted by Gasteiger charge is -2.05. The molecule has 1 rings (SSSR count). The molecule has 0 radical (unpaired) electrons. The summed E-state index contributed by atoms with van der Waals surface area (Å²) in [5.74, 6) is -0.550. The van der Waals surface area contributed by atoms with Crippen molar-refractivity contribution in [1.82, 2.24) is 5.48 Å². The molecule has 7 nitrogen and oxygen atoms in total. The second-order valence-electron chi connectivity index (χ2n) is 2.99. The van der Waals surface area contributed by atoms with Crippen molar-refractivity contribution >= 4 is 17.3 Å². The fourth-order valence-corrected chi connectivity index (χ4v) is 1.15. The first kappa shape index (κ1) is 11.9. The molecule has 16 heavy (non-hydrogen) atoms. The first-order chi connectivity index (χ1) is 7.65. The van der Waals surface area contributed by atoms with Crippen LogP contribution < -0.4 is 10.8 Å². The van der Waals surface area contributed by atoms with Gasteiger partial charge in [-0.2, -0.15) is 0 Å². The molecule has 0 fully saturated rings. The number of para-hydroxylation sites is 2. The number of nitro benzene ring substituents is 1. The van der Waals surface area contributed by atoms with Crippen LogP contribution in [0.5, 0.6) is 0 Å². The van der Waals surface area contributed by atoms with Crippen molar-refractivity contribution in [3.8, 4) is 0 Å². The monoisotopic (exact) mass is 225 g/mol. The molecule has 0 aromatic heterocycles. The van der Waals surface area contributed by atoms with Crippen molar-refractivity contribution in [2.45, 2.75) is 6.42 Å². The Kier molecular flexibility index (Phi) is 4.22. The predicted molar refractivity (Wildman–Crippen MR) is 56.1 cm³/mol. The van der Waals surface area contributed by atoms with E-state index in [9.17, 15) is 14.9 Å². The minimum Gasteiger partial charge on any atom is -0.379 e. The maximum Gasteiger partial charge on any atom is 0.292 e. The smallest absolute Gasteiger partial charge is 0.292 e. The van der Waals surface area contributed by atoms with E-state index in [1.807, 2.05) is 0 Å². The summed E-state index contributed by atoms with van der Waals surface area (Å²) in [7, 11) is 0. The van der Waals surface area contributed by atoms with E-state index in [0.29, 0.717) is 5.69 Å². The zero-order chi connectivity index (χ0) is 12.0. The number of nitrogens with zero attached hydrogens (tertiary/aromatic N) is 1. The molecule has 0 aliphatic heterocycles. The summed E-state index contributed by atoms with van der Waals surface area (Å²) in [5, 5.41) is 21.6. The van der Waals surface area contributed by atoms with Crippen LogP contribution in [-0.4, -0.2) is 22.6 Å². The molecule has 7 heteroatoms. The second kappa shape index (κ2) is 5.66. The van der Waals surface area contributed by atoms with E-state index in [2.05, 4.69) is 5.32 Å². The van der Waals surface area contributed by atoms with E-state index in [0.717, 1.165) is 0 Å². The number of carbonyl (C=O) groups excluding carboxylic acids is 1. The largest absolute Gasteiger partial charge is 0.379 e. The topological polar surface area (TPSA) is 104 Å². The van der Waals surface area contributed by atoms with Crippen LogP contribution >= 0.6 is 0 Å². The summed E-state index contributed by atoms with van der Waals surface area (Å²) in [5.41, 5.74) is 1.77. The fraction of sp³-hybridized carbons (Fsp3) is 0.222. The molecule has 3 N–H and O–H groups in total. The lowest BCUT2D eigenvalue weighted by molar-refractivity contribution is -0.384. The van der Waals surface area contributed by atoms with Gasteiger partial charge in [-0.1, -0.05) is 12.1 Å². The van der Waals surface area contributed by atoms with Crippen LogP contribution in [0.4, 0.5) is 11.4 Å². The van der Waals surface area contributed by atoms with Crippen molar-refractivity contribution in [3.05, 3.63) is 34.4 Å². The Balaban J connectivity index is 2.60. The van der Waals surface area contributed by atoms with Crippen molar-refractivity contribution in [2.75, 3.05) is 11.9 Å². The van der Waals surface area contributed by atoms with E-state index in [1.165, 1.54) is 11.5 Å². The minimum absolute atomic E-state index is 0.0303. The Bertz CT molecular complexity index is 394. The van der Waals surface area contributed by atoms with Crippen LogP contribution in [0.15, 0.2) is 24.3 Å². The molecule has 0 aliphatic rings. The molecule has 86 valence electrons. The lowest BCUT2D eigenvalue weighted by atomic mass is 10.2. The third kappa shape index (κ3) is 3.21. The molecular weight excluding hydrogens is 214 g/mol. The van der Waals surface area contributed by atoms with Crippen LogP contribution in [0.2, 0.25) is 0 Å². The van der Waals surface area contributed by atoms with Gasteiger partial charge < -0.3 is 5.32 Å². The summed E-state index contributed by atoms with van der Waals surface area (Å²) in [6, 6.07) is 6.13. The maximum atomic E-state index is 10.7. The molecule has 0 atom stereocenters. The number of hydrogen-bond donors (Lipinski definition) is 3. The highest BCUT2D eigenvalue weighted by Gasteiger charge is 2.11. The van der Waals surface area contributed by atoms with Gasteiger partial charge in [-0.05, 0) is 6.07 Å². The summed E-state index contributed by atoms with van der Waals surface area (Å²) < 4.78 is 0. The first-order valence-electron chi connectivity index (χ1n) is 4.55. The van der Waals surface area contributed by atoms with E-state index in [1.54, 1.807) is 18.2 Å². The third-order valence-corrected chi connectivity index (χ3v) is 1.89. The molecule has 0 heterocycles. The number of amides is 1. The molecule has 0 unspecified atom stereocenters. The van der Waals surface area contributed by atoms with Crippen molar-refractivity contribution in [2.24, 2.45) is 0 Å². The van der Waals surface area contributed by atoms with Gasteiger partial charge in [-0.3, -0.25) is 20.1 Å². The number of hydrogen-bond acceptors (Lipinski definition) is 5. The molecule has 0 bridgehead atoms. The Hall–Kier alpha value is -2.15. The predicted octanol–water partition coefficient (Wildman–Crippen LogP) is 0.902. The standard InChI is InChI=1S/C9H11N3O4/c13-9(11-14)5-6-10-7-3-1-2-4-8(7)12(15)16/h1-4,10,14H,5-6H2,(H,11,13). The SMILES string of the molecule is O=C(CCNc1ccccc1[N+](=O)[O-])NO. The van der Waals surface area contributed by atoms with Gasteiger partial charge >= 0.3 is 0 Å². The van der Waals surface area contributed by atoms with E-state index < -0.39 is 10.8 Å². The Morgan fingerprint density at radius 2 is 2.12 bits per heavy atom. The zero-order valence-corrected chi connectivity index (χ0v) is 8.34. The average molecular weight is 225 g/mol. The van der Waals surface area contributed by atoms with Crippen LogP contribution in [0.1, 0.15) is 6.42 Å². The number of nitrogens with one attached hydrogen (secondary N) is 2. The van der Waals surface area contributed by atoms with Gasteiger partial charge in [0.1, 0.15) is 5.69 Å².